The zero-order valence-electron chi connectivity index (χ0n) is 19.5. The summed E-state index contributed by atoms with van der Waals surface area (Å²) in [7, 11) is 0. The lowest BCUT2D eigenvalue weighted by Crippen LogP contribution is -2.51. The van der Waals surface area contributed by atoms with Crippen molar-refractivity contribution >= 4 is 24.2 Å². The van der Waals surface area contributed by atoms with Crippen LogP contribution in [-0.4, -0.2) is 66.0 Å². The summed E-state index contributed by atoms with van der Waals surface area (Å²) in [5.41, 5.74) is 1.01. The third kappa shape index (κ3) is 7.83. The number of benzene rings is 1. The van der Waals surface area contributed by atoms with Crippen molar-refractivity contribution in [1.29, 1.82) is 0 Å². The van der Waals surface area contributed by atoms with E-state index in [0.29, 0.717) is 32.4 Å². The van der Waals surface area contributed by atoms with Gasteiger partial charge in [0.1, 0.15) is 18.4 Å². The van der Waals surface area contributed by atoms with Gasteiger partial charge in [0.05, 0.1) is 19.2 Å². The second-order valence-electron chi connectivity index (χ2n) is 9.14. The first-order valence-electron chi connectivity index (χ1n) is 12.2. The zero-order valence-corrected chi connectivity index (χ0v) is 19.5. The van der Waals surface area contributed by atoms with E-state index in [0.717, 1.165) is 37.7 Å². The molecule has 3 unspecified atom stereocenters. The van der Waals surface area contributed by atoms with Gasteiger partial charge in [-0.15, -0.1) is 0 Å². The summed E-state index contributed by atoms with van der Waals surface area (Å²) in [5.74, 6) is -0.340. The van der Waals surface area contributed by atoms with Crippen molar-refractivity contribution in [2.45, 2.75) is 69.6 Å². The van der Waals surface area contributed by atoms with Crippen LogP contribution in [0.5, 0.6) is 0 Å². The van der Waals surface area contributed by atoms with E-state index in [1.807, 2.05) is 30.3 Å². The van der Waals surface area contributed by atoms with Crippen molar-refractivity contribution in [2.75, 3.05) is 19.7 Å². The van der Waals surface area contributed by atoms with Gasteiger partial charge in [0.25, 0.3) is 0 Å². The molecule has 2 fully saturated rings. The van der Waals surface area contributed by atoms with Crippen LogP contribution in [-0.2, 0) is 19.1 Å². The first kappa shape index (κ1) is 25.7. The normalized spacial score (nSPS) is 20.7. The predicted molar refractivity (Wildman–Crippen MR) is 125 cm³/mol. The smallest absolute Gasteiger partial charge is 0.405 e. The van der Waals surface area contributed by atoms with Gasteiger partial charge in [-0.1, -0.05) is 62.4 Å². The number of carbonyl (C=O) groups excluding carboxylic acids is 3. The van der Waals surface area contributed by atoms with Gasteiger partial charge < -0.3 is 30.2 Å². The number of aldehydes is 1. The largest absolute Gasteiger partial charge is 0.465 e. The van der Waals surface area contributed by atoms with E-state index in [9.17, 15) is 19.2 Å². The van der Waals surface area contributed by atoms with E-state index in [2.05, 4.69) is 10.6 Å². The summed E-state index contributed by atoms with van der Waals surface area (Å²) in [6.07, 6.45) is 5.09. The van der Waals surface area contributed by atoms with Gasteiger partial charge in [-0.05, 0) is 24.3 Å². The van der Waals surface area contributed by atoms with E-state index in [-0.39, 0.29) is 30.8 Å². The number of nitrogens with one attached hydrogen (secondary N) is 2. The lowest BCUT2D eigenvalue weighted by molar-refractivity contribution is -0.139. The van der Waals surface area contributed by atoms with Crippen LogP contribution in [0.1, 0.15) is 63.0 Å². The number of nitrogens with zero attached hydrogens (tertiary/aromatic N) is 1. The minimum Gasteiger partial charge on any atom is -0.465 e. The topological polar surface area (TPSA) is 125 Å². The molecule has 1 aliphatic heterocycles. The lowest BCUT2D eigenvalue weighted by atomic mass is 9.84. The minimum absolute atomic E-state index is 0.102. The molecule has 1 aromatic carbocycles. The molecule has 1 saturated carbocycles. The van der Waals surface area contributed by atoms with Crippen LogP contribution in [0.2, 0.25) is 0 Å². The van der Waals surface area contributed by atoms with E-state index in [1.165, 1.54) is 0 Å². The molecule has 0 aromatic heterocycles. The molecular weight excluding hydrogens is 438 g/mol. The number of morpholine rings is 1. The minimum atomic E-state index is -1.27. The maximum atomic E-state index is 12.8. The van der Waals surface area contributed by atoms with Crippen LogP contribution >= 0.6 is 0 Å². The van der Waals surface area contributed by atoms with Crippen LogP contribution in [0.4, 0.5) is 4.79 Å². The molecule has 3 atom stereocenters. The van der Waals surface area contributed by atoms with Crippen LogP contribution in [0.3, 0.4) is 0 Å². The van der Waals surface area contributed by atoms with Gasteiger partial charge in [-0.2, -0.15) is 0 Å². The van der Waals surface area contributed by atoms with Crippen LogP contribution in [0.25, 0.3) is 0 Å². The van der Waals surface area contributed by atoms with Gasteiger partial charge in [0, 0.05) is 13.0 Å². The molecule has 1 aliphatic carbocycles. The van der Waals surface area contributed by atoms with Crippen molar-refractivity contribution in [3.8, 4) is 0 Å². The van der Waals surface area contributed by atoms with E-state index in [4.69, 9.17) is 9.84 Å². The number of rotatable bonds is 10. The fraction of sp³-hybridized carbons (Fsp3) is 0.600. The molecule has 9 nitrogen and oxygen atoms in total. The monoisotopic (exact) mass is 473 g/mol. The molecule has 34 heavy (non-hydrogen) atoms. The third-order valence-electron chi connectivity index (χ3n) is 6.66. The Morgan fingerprint density at radius 2 is 1.85 bits per heavy atom. The maximum absolute atomic E-state index is 12.8. The standard InChI is InChI=1S/C25H35N3O6/c29-17-20(26-24(31)21(27-25(32)33)15-18-7-3-1-4-8-18)11-12-23(30)28-13-14-34-22(16-28)19-9-5-2-6-10-19/h2,5-6,9-10,17-18,20-22,27H,1,3-4,7-8,11-16H2,(H,26,31)(H,32,33). The van der Waals surface area contributed by atoms with Gasteiger partial charge in [-0.3, -0.25) is 9.59 Å². The first-order valence-corrected chi connectivity index (χ1v) is 12.2. The molecule has 1 saturated heterocycles. The SMILES string of the molecule is O=CC(CCC(=O)N1CCOC(c2ccccc2)C1)NC(=O)C(CC1CCCCC1)NC(=O)O. The Hall–Kier alpha value is -2.94. The fourth-order valence-corrected chi connectivity index (χ4v) is 4.78. The predicted octanol–water partition coefficient (Wildman–Crippen LogP) is 2.66. The van der Waals surface area contributed by atoms with Crippen molar-refractivity contribution in [3.63, 3.8) is 0 Å². The average molecular weight is 474 g/mol. The first-order chi connectivity index (χ1) is 16.5. The maximum Gasteiger partial charge on any atom is 0.405 e. The highest BCUT2D eigenvalue weighted by molar-refractivity contribution is 5.87. The van der Waals surface area contributed by atoms with Crippen molar-refractivity contribution in [1.82, 2.24) is 15.5 Å². The Labute approximate surface area is 200 Å². The molecule has 3 rings (SSSR count). The summed E-state index contributed by atoms with van der Waals surface area (Å²) in [5, 5.41) is 14.1. The molecule has 9 heteroatoms. The summed E-state index contributed by atoms with van der Waals surface area (Å²) in [4.78, 5) is 50.1. The quantitative estimate of drug-likeness (QED) is 0.449. The zero-order chi connectivity index (χ0) is 24.3. The summed E-state index contributed by atoms with van der Waals surface area (Å²) < 4.78 is 5.80. The molecule has 1 aromatic rings. The van der Waals surface area contributed by atoms with E-state index >= 15 is 0 Å². The molecule has 0 spiro atoms. The van der Waals surface area contributed by atoms with Crippen LogP contribution in [0.15, 0.2) is 30.3 Å². The molecule has 0 bridgehead atoms. The summed E-state index contributed by atoms with van der Waals surface area (Å²) in [6.45, 7) is 1.35. The van der Waals surface area contributed by atoms with E-state index < -0.39 is 24.1 Å². The number of carboxylic acid groups (broad SMARTS) is 1. The Morgan fingerprint density at radius 1 is 1.12 bits per heavy atom. The molecular formula is C25H35N3O6. The third-order valence-corrected chi connectivity index (χ3v) is 6.66. The van der Waals surface area contributed by atoms with Gasteiger partial charge in [0.2, 0.25) is 11.8 Å². The average Bonchev–Trinajstić information content (AvgIpc) is 2.86. The number of hydrogen-bond donors (Lipinski definition) is 3. The number of carbonyl (C=O) groups is 4. The van der Waals surface area contributed by atoms with Crippen LogP contribution in [0, 0.1) is 5.92 Å². The number of hydrogen-bond acceptors (Lipinski definition) is 5. The van der Waals surface area contributed by atoms with Gasteiger partial charge in [0.15, 0.2) is 0 Å². The van der Waals surface area contributed by atoms with Gasteiger partial charge >= 0.3 is 6.09 Å². The second-order valence-corrected chi connectivity index (χ2v) is 9.14. The van der Waals surface area contributed by atoms with Crippen molar-refractivity contribution < 1.29 is 29.0 Å². The number of ether oxygens (including phenoxy) is 1. The van der Waals surface area contributed by atoms with E-state index in [1.54, 1.807) is 4.90 Å². The Morgan fingerprint density at radius 3 is 2.53 bits per heavy atom. The summed E-state index contributed by atoms with van der Waals surface area (Å²) >= 11 is 0. The Kier molecular flexibility index (Phi) is 9.88. The highest BCUT2D eigenvalue weighted by atomic mass is 16.5. The highest BCUT2D eigenvalue weighted by Crippen LogP contribution is 2.27. The molecule has 3 N–H and O–H groups in total. The van der Waals surface area contributed by atoms with Crippen LogP contribution < -0.4 is 10.6 Å². The lowest BCUT2D eigenvalue weighted by Gasteiger charge is -2.33. The molecule has 186 valence electrons. The molecule has 1 heterocycles. The summed E-state index contributed by atoms with van der Waals surface area (Å²) in [6, 6.07) is 7.94. The molecule has 3 amide bonds. The fourth-order valence-electron chi connectivity index (χ4n) is 4.78. The van der Waals surface area contributed by atoms with Gasteiger partial charge in [-0.25, -0.2) is 4.79 Å². The Balaban J connectivity index is 1.50. The molecule has 2 aliphatic rings. The highest BCUT2D eigenvalue weighted by Gasteiger charge is 2.29. The second kappa shape index (κ2) is 13.1. The van der Waals surface area contributed by atoms with Crippen molar-refractivity contribution in [2.24, 2.45) is 5.92 Å². The Bertz CT molecular complexity index is 827. The van der Waals surface area contributed by atoms with Crippen molar-refractivity contribution in [3.05, 3.63) is 35.9 Å². The molecule has 0 radical (unpaired) electrons. The number of amides is 3.